The third-order valence-electron chi connectivity index (χ3n) is 3.35. The molecule has 0 atom stereocenters. The smallest absolute Gasteiger partial charge is 0.126 e. The third-order valence-corrected chi connectivity index (χ3v) is 3.35. The number of benzene rings is 1. The quantitative estimate of drug-likeness (QED) is 0.729. The maximum atomic E-state index is 5.56. The number of nitrogens with one attached hydrogen (secondary N) is 2. The molecule has 18 heavy (non-hydrogen) atoms. The van der Waals surface area contributed by atoms with Crippen molar-refractivity contribution in [2.45, 2.75) is 34.2 Å². The number of likely N-dealkylation sites (N-methyl/N-ethyl adjacent to an activating group) is 1. The van der Waals surface area contributed by atoms with Gasteiger partial charge in [-0.2, -0.15) is 0 Å². The summed E-state index contributed by atoms with van der Waals surface area (Å²) >= 11 is 0. The van der Waals surface area contributed by atoms with Gasteiger partial charge in [-0.3, -0.25) is 0 Å². The Morgan fingerprint density at radius 1 is 1.06 bits per heavy atom. The molecule has 0 heterocycles. The summed E-state index contributed by atoms with van der Waals surface area (Å²) in [6, 6.07) is 2.24. The standard InChI is InChI=1S/C15H26N2O/c1-6-16-7-8-17-10-14-12(3)9-11(2)13(4)15(14)18-5/h9,16-17H,6-8,10H2,1-5H3. The summed E-state index contributed by atoms with van der Waals surface area (Å²) in [5, 5.41) is 6.76. The number of hydrogen-bond donors (Lipinski definition) is 2. The molecule has 0 fully saturated rings. The molecule has 1 aromatic carbocycles. The van der Waals surface area contributed by atoms with E-state index in [-0.39, 0.29) is 0 Å². The molecule has 102 valence electrons. The van der Waals surface area contributed by atoms with Crippen LogP contribution >= 0.6 is 0 Å². The van der Waals surface area contributed by atoms with Gasteiger partial charge >= 0.3 is 0 Å². The minimum atomic E-state index is 0.863. The fraction of sp³-hybridized carbons (Fsp3) is 0.600. The van der Waals surface area contributed by atoms with Gasteiger partial charge in [-0.25, -0.2) is 0 Å². The lowest BCUT2D eigenvalue weighted by atomic mass is 9.99. The molecule has 3 heteroatoms. The van der Waals surface area contributed by atoms with E-state index < -0.39 is 0 Å². The van der Waals surface area contributed by atoms with Crippen LogP contribution in [-0.4, -0.2) is 26.7 Å². The summed E-state index contributed by atoms with van der Waals surface area (Å²) in [6.07, 6.45) is 0. The first-order chi connectivity index (χ1) is 8.61. The number of hydrogen-bond acceptors (Lipinski definition) is 3. The molecule has 0 aliphatic heterocycles. The zero-order valence-electron chi connectivity index (χ0n) is 12.3. The molecule has 0 saturated heterocycles. The summed E-state index contributed by atoms with van der Waals surface area (Å²) in [5.74, 6) is 1.03. The van der Waals surface area contributed by atoms with Crippen LogP contribution in [-0.2, 0) is 6.54 Å². The second-order valence-electron chi connectivity index (χ2n) is 4.68. The fourth-order valence-electron chi connectivity index (χ4n) is 2.17. The Morgan fingerprint density at radius 3 is 2.33 bits per heavy atom. The first-order valence-corrected chi connectivity index (χ1v) is 6.66. The van der Waals surface area contributed by atoms with Crippen molar-refractivity contribution < 1.29 is 4.74 Å². The summed E-state index contributed by atoms with van der Waals surface area (Å²) in [7, 11) is 1.75. The highest BCUT2D eigenvalue weighted by Crippen LogP contribution is 2.29. The highest BCUT2D eigenvalue weighted by Gasteiger charge is 2.11. The van der Waals surface area contributed by atoms with Crippen molar-refractivity contribution in [3.63, 3.8) is 0 Å². The molecule has 0 saturated carbocycles. The van der Waals surface area contributed by atoms with Crippen LogP contribution < -0.4 is 15.4 Å². The van der Waals surface area contributed by atoms with Crippen LogP contribution in [0.25, 0.3) is 0 Å². The number of ether oxygens (including phenoxy) is 1. The van der Waals surface area contributed by atoms with Crippen molar-refractivity contribution in [1.29, 1.82) is 0 Å². The summed E-state index contributed by atoms with van der Waals surface area (Å²) < 4.78 is 5.56. The van der Waals surface area contributed by atoms with E-state index in [0.717, 1.165) is 31.9 Å². The van der Waals surface area contributed by atoms with Gasteiger partial charge in [0.15, 0.2) is 0 Å². The number of aryl methyl sites for hydroxylation is 2. The first-order valence-electron chi connectivity index (χ1n) is 6.66. The van der Waals surface area contributed by atoms with Gasteiger partial charge in [0, 0.05) is 25.2 Å². The van der Waals surface area contributed by atoms with Crippen LogP contribution in [0.15, 0.2) is 6.07 Å². The molecule has 1 aromatic rings. The Hall–Kier alpha value is -1.06. The van der Waals surface area contributed by atoms with Gasteiger partial charge in [0.05, 0.1) is 7.11 Å². The minimum absolute atomic E-state index is 0.863. The molecule has 3 nitrogen and oxygen atoms in total. The number of rotatable bonds is 7. The highest BCUT2D eigenvalue weighted by molar-refractivity contribution is 5.49. The Balaban J connectivity index is 2.72. The van der Waals surface area contributed by atoms with Gasteiger partial charge in [-0.05, 0) is 44.0 Å². The van der Waals surface area contributed by atoms with Gasteiger partial charge in [0.1, 0.15) is 5.75 Å². The zero-order chi connectivity index (χ0) is 13.5. The average molecular weight is 250 g/mol. The topological polar surface area (TPSA) is 33.3 Å². The van der Waals surface area contributed by atoms with Crippen molar-refractivity contribution in [2.75, 3.05) is 26.7 Å². The normalized spacial score (nSPS) is 10.7. The molecular weight excluding hydrogens is 224 g/mol. The maximum Gasteiger partial charge on any atom is 0.126 e. The monoisotopic (exact) mass is 250 g/mol. The van der Waals surface area contributed by atoms with Gasteiger partial charge in [0.25, 0.3) is 0 Å². The van der Waals surface area contributed by atoms with Crippen LogP contribution in [0.5, 0.6) is 5.75 Å². The Labute approximate surface area is 111 Å². The van der Waals surface area contributed by atoms with E-state index in [9.17, 15) is 0 Å². The molecule has 0 bridgehead atoms. The Bertz CT molecular complexity index is 389. The summed E-state index contributed by atoms with van der Waals surface area (Å²) in [6.45, 7) is 12.4. The van der Waals surface area contributed by atoms with E-state index in [1.807, 2.05) is 0 Å². The first kappa shape index (κ1) is 15.0. The maximum absolute atomic E-state index is 5.56. The van der Waals surface area contributed by atoms with Crippen molar-refractivity contribution in [2.24, 2.45) is 0 Å². The molecular formula is C15H26N2O. The van der Waals surface area contributed by atoms with Gasteiger partial charge < -0.3 is 15.4 Å². The highest BCUT2D eigenvalue weighted by atomic mass is 16.5. The van der Waals surface area contributed by atoms with Crippen molar-refractivity contribution >= 4 is 0 Å². The molecule has 0 aliphatic carbocycles. The SMILES string of the molecule is CCNCCNCc1c(C)cc(C)c(C)c1OC. The van der Waals surface area contributed by atoms with Crippen LogP contribution in [0.1, 0.15) is 29.2 Å². The summed E-state index contributed by atoms with van der Waals surface area (Å²) in [5.41, 5.74) is 5.11. The molecule has 2 N–H and O–H groups in total. The van der Waals surface area contributed by atoms with Crippen molar-refractivity contribution in [3.8, 4) is 5.75 Å². The van der Waals surface area contributed by atoms with Crippen LogP contribution in [0, 0.1) is 20.8 Å². The van der Waals surface area contributed by atoms with Gasteiger partial charge in [-0.15, -0.1) is 0 Å². The fourth-order valence-corrected chi connectivity index (χ4v) is 2.17. The van der Waals surface area contributed by atoms with E-state index in [1.54, 1.807) is 7.11 Å². The molecule has 0 unspecified atom stereocenters. The zero-order valence-corrected chi connectivity index (χ0v) is 12.3. The van der Waals surface area contributed by atoms with E-state index in [0.29, 0.717) is 0 Å². The summed E-state index contributed by atoms with van der Waals surface area (Å²) in [4.78, 5) is 0. The van der Waals surface area contributed by atoms with Crippen molar-refractivity contribution in [1.82, 2.24) is 10.6 Å². The van der Waals surface area contributed by atoms with Crippen LogP contribution in [0.4, 0.5) is 0 Å². The largest absolute Gasteiger partial charge is 0.496 e. The lowest BCUT2D eigenvalue weighted by Gasteiger charge is -2.17. The number of methoxy groups -OCH3 is 1. The molecule has 0 aliphatic rings. The van der Waals surface area contributed by atoms with E-state index in [1.165, 1.54) is 22.3 Å². The Kier molecular flexibility index (Phi) is 6.16. The lowest BCUT2D eigenvalue weighted by Crippen LogP contribution is -2.27. The molecule has 0 radical (unpaired) electrons. The van der Waals surface area contributed by atoms with E-state index >= 15 is 0 Å². The van der Waals surface area contributed by atoms with E-state index in [2.05, 4.69) is 44.4 Å². The molecule has 1 rings (SSSR count). The van der Waals surface area contributed by atoms with Gasteiger partial charge in [0.2, 0.25) is 0 Å². The third kappa shape index (κ3) is 3.72. The van der Waals surface area contributed by atoms with E-state index in [4.69, 9.17) is 4.74 Å². The van der Waals surface area contributed by atoms with Crippen LogP contribution in [0.3, 0.4) is 0 Å². The molecule has 0 amide bonds. The Morgan fingerprint density at radius 2 is 1.72 bits per heavy atom. The average Bonchev–Trinajstić information content (AvgIpc) is 2.35. The predicted octanol–water partition coefficient (Wildman–Crippen LogP) is 2.32. The van der Waals surface area contributed by atoms with Gasteiger partial charge in [-0.1, -0.05) is 13.0 Å². The van der Waals surface area contributed by atoms with Crippen molar-refractivity contribution in [3.05, 3.63) is 28.3 Å². The predicted molar refractivity (Wildman–Crippen MR) is 77.5 cm³/mol. The minimum Gasteiger partial charge on any atom is -0.496 e. The van der Waals surface area contributed by atoms with Crippen LogP contribution in [0.2, 0.25) is 0 Å². The lowest BCUT2D eigenvalue weighted by molar-refractivity contribution is 0.403. The second kappa shape index (κ2) is 7.39. The molecule has 0 spiro atoms. The molecule has 0 aromatic heterocycles. The second-order valence-corrected chi connectivity index (χ2v) is 4.68.